The average molecular weight is 317 g/mol. The molecule has 0 aliphatic carbocycles. The third-order valence-electron chi connectivity index (χ3n) is 3.79. The van der Waals surface area contributed by atoms with Crippen LogP contribution in [-0.4, -0.2) is 23.1 Å². The Balaban J connectivity index is 2.44. The van der Waals surface area contributed by atoms with Crippen molar-refractivity contribution in [3.8, 4) is 5.75 Å². The summed E-state index contributed by atoms with van der Waals surface area (Å²) in [5.74, 6) is 1.33. The molecule has 0 bridgehead atoms. The van der Waals surface area contributed by atoms with Gasteiger partial charge in [0.2, 0.25) is 0 Å². The lowest BCUT2D eigenvalue weighted by molar-refractivity contribution is 0.212. The van der Waals surface area contributed by atoms with E-state index in [1.807, 2.05) is 0 Å². The van der Waals surface area contributed by atoms with Crippen molar-refractivity contribution in [1.29, 1.82) is 0 Å². The van der Waals surface area contributed by atoms with Gasteiger partial charge >= 0.3 is 5.63 Å². The first-order chi connectivity index (χ1) is 10.8. The largest absolute Gasteiger partial charge is 0.508 e. The van der Waals surface area contributed by atoms with Crippen LogP contribution in [0, 0.1) is 18.8 Å². The monoisotopic (exact) mass is 317 g/mol. The molecular formula is C19H27NO3. The molecule has 126 valence electrons. The second kappa shape index (κ2) is 7.18. The Morgan fingerprint density at radius 1 is 1.09 bits per heavy atom. The number of fused-ring (bicyclic) bond motifs is 1. The van der Waals surface area contributed by atoms with Crippen LogP contribution in [0.3, 0.4) is 0 Å². The van der Waals surface area contributed by atoms with E-state index in [1.54, 1.807) is 25.1 Å². The summed E-state index contributed by atoms with van der Waals surface area (Å²) in [7, 11) is 0. The van der Waals surface area contributed by atoms with E-state index in [9.17, 15) is 9.90 Å². The summed E-state index contributed by atoms with van der Waals surface area (Å²) in [4.78, 5) is 14.2. The van der Waals surface area contributed by atoms with Gasteiger partial charge in [-0.25, -0.2) is 4.79 Å². The van der Waals surface area contributed by atoms with Crippen LogP contribution in [0.25, 0.3) is 11.0 Å². The van der Waals surface area contributed by atoms with Gasteiger partial charge in [0, 0.05) is 31.1 Å². The van der Waals surface area contributed by atoms with Gasteiger partial charge in [-0.2, -0.15) is 0 Å². The molecule has 2 rings (SSSR count). The van der Waals surface area contributed by atoms with Gasteiger partial charge in [-0.3, -0.25) is 4.90 Å². The molecule has 1 heterocycles. The molecule has 4 heteroatoms. The highest BCUT2D eigenvalue weighted by atomic mass is 16.4. The summed E-state index contributed by atoms with van der Waals surface area (Å²) >= 11 is 0. The van der Waals surface area contributed by atoms with Gasteiger partial charge in [-0.15, -0.1) is 0 Å². The van der Waals surface area contributed by atoms with Crippen LogP contribution in [0.15, 0.2) is 27.4 Å². The summed E-state index contributed by atoms with van der Waals surface area (Å²) in [5, 5.41) is 10.8. The van der Waals surface area contributed by atoms with Crippen LogP contribution < -0.4 is 5.63 Å². The van der Waals surface area contributed by atoms with Crippen molar-refractivity contribution in [3.05, 3.63) is 39.7 Å². The van der Waals surface area contributed by atoms with Gasteiger partial charge in [-0.05, 0) is 42.0 Å². The predicted molar refractivity (Wildman–Crippen MR) is 93.8 cm³/mol. The number of rotatable bonds is 6. The number of phenols is 1. The molecule has 1 aromatic carbocycles. The molecule has 0 unspecified atom stereocenters. The zero-order valence-corrected chi connectivity index (χ0v) is 14.7. The normalized spacial score (nSPS) is 12.0. The summed E-state index contributed by atoms with van der Waals surface area (Å²) in [6.45, 7) is 13.2. The lowest BCUT2D eigenvalue weighted by atomic mass is 10.1. The minimum absolute atomic E-state index is 0.229. The number of phenolic OH excluding ortho intramolecular Hbond substituents is 1. The maximum atomic E-state index is 11.9. The summed E-state index contributed by atoms with van der Waals surface area (Å²) in [6.07, 6.45) is 0. The molecule has 4 nitrogen and oxygen atoms in total. The molecule has 23 heavy (non-hydrogen) atoms. The van der Waals surface area contributed by atoms with E-state index >= 15 is 0 Å². The van der Waals surface area contributed by atoms with Crippen molar-refractivity contribution >= 4 is 11.0 Å². The lowest BCUT2D eigenvalue weighted by Gasteiger charge is -2.26. The van der Waals surface area contributed by atoms with Crippen molar-refractivity contribution in [2.75, 3.05) is 13.1 Å². The standard InChI is InChI=1S/C19H27NO3/c1-12(2)9-20(10-13(3)4)11-15-7-19(22)23-18-6-14(5)17(21)8-16(15)18/h6-8,12-13,21H,9-11H2,1-5H3. The van der Waals surface area contributed by atoms with E-state index in [2.05, 4.69) is 32.6 Å². The third-order valence-corrected chi connectivity index (χ3v) is 3.79. The fraction of sp³-hybridized carbons (Fsp3) is 0.526. The highest BCUT2D eigenvalue weighted by molar-refractivity contribution is 5.82. The lowest BCUT2D eigenvalue weighted by Crippen LogP contribution is -2.31. The molecule has 0 aliphatic rings. The second-order valence-corrected chi connectivity index (χ2v) is 7.21. The van der Waals surface area contributed by atoms with Crippen LogP contribution in [0.4, 0.5) is 0 Å². The molecule has 0 fully saturated rings. The highest BCUT2D eigenvalue weighted by Crippen LogP contribution is 2.27. The van der Waals surface area contributed by atoms with E-state index in [4.69, 9.17) is 4.42 Å². The summed E-state index contributed by atoms with van der Waals surface area (Å²) < 4.78 is 5.30. The smallest absolute Gasteiger partial charge is 0.336 e. The molecule has 0 spiro atoms. The Bertz CT molecular complexity index is 721. The highest BCUT2D eigenvalue weighted by Gasteiger charge is 2.14. The molecule has 0 radical (unpaired) electrons. The fourth-order valence-electron chi connectivity index (χ4n) is 2.97. The Labute approximate surface area is 137 Å². The zero-order chi connectivity index (χ0) is 17.1. The van der Waals surface area contributed by atoms with Crippen LogP contribution in [0.5, 0.6) is 5.75 Å². The minimum Gasteiger partial charge on any atom is -0.508 e. The molecule has 0 amide bonds. The van der Waals surface area contributed by atoms with Gasteiger partial charge in [0.05, 0.1) is 0 Å². The molecule has 0 aliphatic heterocycles. The molecule has 0 atom stereocenters. The SMILES string of the molecule is Cc1cc2oc(=O)cc(CN(CC(C)C)CC(C)C)c2cc1O. The number of benzene rings is 1. The van der Waals surface area contributed by atoms with E-state index < -0.39 is 0 Å². The first-order valence-corrected chi connectivity index (χ1v) is 8.25. The Kier molecular flexibility index (Phi) is 5.47. The molecule has 2 aromatic rings. The summed E-state index contributed by atoms with van der Waals surface area (Å²) in [5.41, 5.74) is 1.82. The Morgan fingerprint density at radius 3 is 2.26 bits per heavy atom. The van der Waals surface area contributed by atoms with Crippen LogP contribution in [0.1, 0.15) is 38.8 Å². The van der Waals surface area contributed by atoms with Crippen molar-refractivity contribution in [2.24, 2.45) is 11.8 Å². The zero-order valence-electron chi connectivity index (χ0n) is 14.7. The Morgan fingerprint density at radius 2 is 1.70 bits per heavy atom. The van der Waals surface area contributed by atoms with E-state index in [0.717, 1.165) is 24.0 Å². The van der Waals surface area contributed by atoms with Crippen LogP contribution in [0.2, 0.25) is 0 Å². The first kappa shape index (κ1) is 17.5. The Hall–Kier alpha value is -1.81. The molecule has 1 N–H and O–H groups in total. The van der Waals surface area contributed by atoms with Gasteiger partial charge in [0.1, 0.15) is 11.3 Å². The molecule has 0 saturated heterocycles. The topological polar surface area (TPSA) is 53.7 Å². The first-order valence-electron chi connectivity index (χ1n) is 8.25. The fourth-order valence-corrected chi connectivity index (χ4v) is 2.97. The number of nitrogens with zero attached hydrogens (tertiary/aromatic N) is 1. The maximum Gasteiger partial charge on any atom is 0.336 e. The van der Waals surface area contributed by atoms with Crippen LogP contribution in [-0.2, 0) is 6.54 Å². The molecular weight excluding hydrogens is 290 g/mol. The van der Waals surface area contributed by atoms with E-state index in [-0.39, 0.29) is 11.4 Å². The van der Waals surface area contributed by atoms with Crippen molar-refractivity contribution in [1.82, 2.24) is 4.90 Å². The predicted octanol–water partition coefficient (Wildman–Crippen LogP) is 3.92. The van der Waals surface area contributed by atoms with Gasteiger partial charge in [0.15, 0.2) is 0 Å². The minimum atomic E-state index is -0.341. The number of hydrogen-bond acceptors (Lipinski definition) is 4. The van der Waals surface area contributed by atoms with Gasteiger partial charge in [0.25, 0.3) is 0 Å². The maximum absolute atomic E-state index is 11.9. The summed E-state index contributed by atoms with van der Waals surface area (Å²) in [6, 6.07) is 4.97. The molecule has 1 aromatic heterocycles. The van der Waals surface area contributed by atoms with Crippen LogP contribution >= 0.6 is 0 Å². The third kappa shape index (κ3) is 4.58. The van der Waals surface area contributed by atoms with Gasteiger partial charge < -0.3 is 9.52 Å². The van der Waals surface area contributed by atoms with Gasteiger partial charge in [-0.1, -0.05) is 27.7 Å². The number of hydrogen-bond donors (Lipinski definition) is 1. The van der Waals surface area contributed by atoms with Crippen molar-refractivity contribution < 1.29 is 9.52 Å². The van der Waals surface area contributed by atoms with E-state index in [1.165, 1.54) is 0 Å². The number of aromatic hydroxyl groups is 1. The average Bonchev–Trinajstić information content (AvgIpc) is 2.39. The quantitative estimate of drug-likeness (QED) is 0.820. The number of aryl methyl sites for hydroxylation is 1. The van der Waals surface area contributed by atoms with Crippen molar-refractivity contribution in [3.63, 3.8) is 0 Å². The molecule has 0 saturated carbocycles. The second-order valence-electron chi connectivity index (χ2n) is 7.21. The van der Waals surface area contributed by atoms with E-state index in [0.29, 0.717) is 29.5 Å². The van der Waals surface area contributed by atoms with Crippen molar-refractivity contribution in [2.45, 2.75) is 41.2 Å².